The summed E-state index contributed by atoms with van der Waals surface area (Å²) in [5.41, 5.74) is 0. The fraction of sp³-hybridized carbons (Fsp3) is 0.907. The summed E-state index contributed by atoms with van der Waals surface area (Å²) in [6.07, 6.45) is 9.83. The molecule has 2 aliphatic rings. The molecule has 0 amide bonds. The van der Waals surface area contributed by atoms with Crippen LogP contribution in [0.3, 0.4) is 0 Å². The fourth-order valence-corrected chi connectivity index (χ4v) is 6.97. The van der Waals surface area contributed by atoms with Gasteiger partial charge in [-0.05, 0) is 38.5 Å². The number of allylic oxidation sites excluding steroid dienone is 2. The lowest BCUT2D eigenvalue weighted by Gasteiger charge is -2.42. The standard InChI is InChI=1S/C43H78O15/c1-3-5-7-9-11-13-14-15-16-18-20-22-24-26-35(46)56-31(28-53-34(45)25-23-21-19-17-12-10-8-6-4-2)29-54-42-41(52)39(50)37(48)33(58-42)30-55-43-40(51)38(49)36(47)32(27-44)57-43/h13-14,31-33,36-44,47-52H,3-12,15-30H2,1-2H3/b14-13-. The van der Waals surface area contributed by atoms with Crippen molar-refractivity contribution < 1.29 is 73.8 Å². The van der Waals surface area contributed by atoms with Crippen LogP contribution in [-0.4, -0.2) is 142 Å². The van der Waals surface area contributed by atoms with Crippen molar-refractivity contribution in [2.75, 3.05) is 26.4 Å². The van der Waals surface area contributed by atoms with Crippen molar-refractivity contribution in [3.8, 4) is 0 Å². The number of carbonyl (C=O) groups is 2. The van der Waals surface area contributed by atoms with Gasteiger partial charge in [0.1, 0.15) is 55.4 Å². The van der Waals surface area contributed by atoms with Crippen LogP contribution in [0.5, 0.6) is 0 Å². The van der Waals surface area contributed by atoms with E-state index in [9.17, 15) is 45.3 Å². The van der Waals surface area contributed by atoms with E-state index in [4.69, 9.17) is 28.4 Å². The van der Waals surface area contributed by atoms with Crippen molar-refractivity contribution >= 4 is 11.9 Å². The average Bonchev–Trinajstić information content (AvgIpc) is 3.21. The number of ether oxygens (including phenoxy) is 6. The lowest BCUT2D eigenvalue weighted by Crippen LogP contribution is -2.61. The van der Waals surface area contributed by atoms with Gasteiger partial charge in [0.25, 0.3) is 0 Å². The second-order valence-corrected chi connectivity index (χ2v) is 15.9. The zero-order valence-corrected chi connectivity index (χ0v) is 35.3. The van der Waals surface area contributed by atoms with Crippen LogP contribution in [0.2, 0.25) is 0 Å². The molecule has 340 valence electrons. The summed E-state index contributed by atoms with van der Waals surface area (Å²) >= 11 is 0. The normalized spacial score (nSPS) is 28.2. The first kappa shape index (κ1) is 52.4. The summed E-state index contributed by atoms with van der Waals surface area (Å²) in [7, 11) is 0. The van der Waals surface area contributed by atoms with E-state index in [0.29, 0.717) is 12.8 Å². The quantitative estimate of drug-likeness (QED) is 0.0278. The highest BCUT2D eigenvalue weighted by atomic mass is 16.7. The van der Waals surface area contributed by atoms with Crippen molar-refractivity contribution in [1.82, 2.24) is 0 Å². The summed E-state index contributed by atoms with van der Waals surface area (Å²) in [6.45, 7) is 2.52. The number of rotatable bonds is 33. The Morgan fingerprint density at radius 3 is 1.53 bits per heavy atom. The molecule has 0 aliphatic carbocycles. The van der Waals surface area contributed by atoms with E-state index in [1.807, 2.05) is 0 Å². The number of aliphatic hydroxyl groups is 7. The fourth-order valence-electron chi connectivity index (χ4n) is 6.97. The summed E-state index contributed by atoms with van der Waals surface area (Å²) in [4.78, 5) is 25.5. The Labute approximate surface area is 346 Å². The summed E-state index contributed by atoms with van der Waals surface area (Å²) in [6, 6.07) is 0. The maximum atomic E-state index is 12.9. The van der Waals surface area contributed by atoms with Crippen LogP contribution in [0.25, 0.3) is 0 Å². The minimum atomic E-state index is -1.76. The van der Waals surface area contributed by atoms with Crippen molar-refractivity contribution in [3.05, 3.63) is 12.2 Å². The highest BCUT2D eigenvalue weighted by Gasteiger charge is 2.47. The van der Waals surface area contributed by atoms with Crippen LogP contribution in [0.15, 0.2) is 12.2 Å². The Kier molecular flexibility index (Phi) is 28.9. The van der Waals surface area contributed by atoms with E-state index in [1.165, 1.54) is 57.8 Å². The predicted molar refractivity (Wildman–Crippen MR) is 215 cm³/mol. The molecule has 2 fully saturated rings. The topological polar surface area (TPSA) is 231 Å². The lowest BCUT2D eigenvalue weighted by molar-refractivity contribution is -0.332. The molecule has 0 aromatic heterocycles. The SMILES string of the molecule is CCCCCC/C=C\CCCCCCCC(=O)OC(COC(=O)CCCCCCCCCCC)COC1OC(COC2OC(CO)C(O)C(O)C2O)C(O)C(O)C1O. The Bertz CT molecular complexity index is 1080. The summed E-state index contributed by atoms with van der Waals surface area (Å²) in [5.74, 6) is -0.936. The van der Waals surface area contributed by atoms with Gasteiger partial charge in [0.05, 0.1) is 19.8 Å². The van der Waals surface area contributed by atoms with Gasteiger partial charge in [-0.15, -0.1) is 0 Å². The number of esters is 2. The van der Waals surface area contributed by atoms with Gasteiger partial charge >= 0.3 is 11.9 Å². The molecular weight excluding hydrogens is 756 g/mol. The first-order chi connectivity index (χ1) is 28.0. The monoisotopic (exact) mass is 835 g/mol. The van der Waals surface area contributed by atoms with Crippen molar-refractivity contribution in [2.24, 2.45) is 0 Å². The van der Waals surface area contributed by atoms with Crippen LogP contribution < -0.4 is 0 Å². The number of hydrogen-bond donors (Lipinski definition) is 7. The molecule has 11 unspecified atom stereocenters. The molecule has 0 bridgehead atoms. The van der Waals surface area contributed by atoms with E-state index in [0.717, 1.165) is 57.8 Å². The van der Waals surface area contributed by atoms with E-state index in [1.54, 1.807) is 0 Å². The van der Waals surface area contributed by atoms with Gasteiger partial charge in [-0.1, -0.05) is 116 Å². The van der Waals surface area contributed by atoms with Gasteiger partial charge in [0.2, 0.25) is 0 Å². The zero-order valence-electron chi connectivity index (χ0n) is 35.3. The Balaban J connectivity index is 1.87. The zero-order chi connectivity index (χ0) is 42.5. The first-order valence-corrected chi connectivity index (χ1v) is 22.3. The third-order valence-electron chi connectivity index (χ3n) is 10.7. The molecule has 0 aromatic rings. The average molecular weight is 835 g/mol. The van der Waals surface area contributed by atoms with Crippen molar-refractivity contribution in [3.63, 3.8) is 0 Å². The number of hydrogen-bond acceptors (Lipinski definition) is 15. The largest absolute Gasteiger partial charge is 0.462 e. The van der Waals surface area contributed by atoms with Gasteiger partial charge in [0, 0.05) is 12.8 Å². The van der Waals surface area contributed by atoms with Crippen LogP contribution in [-0.2, 0) is 38.0 Å². The Hall–Kier alpha value is -1.76. The maximum absolute atomic E-state index is 12.9. The first-order valence-electron chi connectivity index (χ1n) is 22.3. The van der Waals surface area contributed by atoms with Gasteiger partial charge in [-0.3, -0.25) is 9.59 Å². The highest BCUT2D eigenvalue weighted by Crippen LogP contribution is 2.26. The van der Waals surface area contributed by atoms with Crippen LogP contribution >= 0.6 is 0 Å². The molecule has 0 radical (unpaired) electrons. The molecule has 15 nitrogen and oxygen atoms in total. The predicted octanol–water partition coefficient (Wildman–Crippen LogP) is 4.26. The molecular formula is C43H78O15. The number of aliphatic hydroxyl groups excluding tert-OH is 7. The molecule has 0 spiro atoms. The minimum absolute atomic E-state index is 0.158. The third kappa shape index (κ3) is 21.2. The van der Waals surface area contributed by atoms with Gasteiger partial charge in [-0.2, -0.15) is 0 Å². The van der Waals surface area contributed by atoms with Crippen LogP contribution in [0, 0.1) is 0 Å². The van der Waals surface area contributed by atoms with Gasteiger partial charge in [-0.25, -0.2) is 0 Å². The molecule has 0 aromatic carbocycles. The summed E-state index contributed by atoms with van der Waals surface area (Å²) in [5, 5.41) is 71.7. The van der Waals surface area contributed by atoms with Crippen LogP contribution in [0.1, 0.15) is 155 Å². The lowest BCUT2D eigenvalue weighted by atomic mass is 9.98. The van der Waals surface area contributed by atoms with Crippen molar-refractivity contribution in [2.45, 2.75) is 223 Å². The smallest absolute Gasteiger partial charge is 0.306 e. The Morgan fingerprint density at radius 1 is 0.534 bits per heavy atom. The molecule has 2 rings (SSSR count). The van der Waals surface area contributed by atoms with Crippen molar-refractivity contribution in [1.29, 1.82) is 0 Å². The highest BCUT2D eigenvalue weighted by molar-refractivity contribution is 5.70. The van der Waals surface area contributed by atoms with E-state index in [2.05, 4.69) is 26.0 Å². The molecule has 0 saturated carbocycles. The van der Waals surface area contributed by atoms with E-state index < -0.39 is 92.7 Å². The minimum Gasteiger partial charge on any atom is -0.462 e. The number of unbranched alkanes of at least 4 members (excludes halogenated alkanes) is 17. The van der Waals surface area contributed by atoms with Gasteiger partial charge in [0.15, 0.2) is 18.7 Å². The second-order valence-electron chi connectivity index (χ2n) is 15.9. The second kappa shape index (κ2) is 32.0. The van der Waals surface area contributed by atoms with E-state index >= 15 is 0 Å². The number of carbonyl (C=O) groups excluding carboxylic acids is 2. The maximum Gasteiger partial charge on any atom is 0.306 e. The van der Waals surface area contributed by atoms with E-state index in [-0.39, 0.29) is 26.1 Å². The molecule has 2 aliphatic heterocycles. The van der Waals surface area contributed by atoms with Gasteiger partial charge < -0.3 is 64.2 Å². The summed E-state index contributed by atoms with van der Waals surface area (Å²) < 4.78 is 33.4. The molecule has 2 saturated heterocycles. The van der Waals surface area contributed by atoms with Crippen LogP contribution in [0.4, 0.5) is 0 Å². The molecule has 2 heterocycles. The molecule has 11 atom stereocenters. The Morgan fingerprint density at radius 2 is 0.983 bits per heavy atom. The molecule has 58 heavy (non-hydrogen) atoms. The molecule has 7 N–H and O–H groups in total. The third-order valence-corrected chi connectivity index (χ3v) is 10.7. The molecule has 15 heteroatoms.